The highest BCUT2D eigenvalue weighted by Crippen LogP contribution is 2.31. The predicted molar refractivity (Wildman–Crippen MR) is 88.8 cm³/mol. The Morgan fingerprint density at radius 2 is 1.91 bits per heavy atom. The predicted octanol–water partition coefficient (Wildman–Crippen LogP) is 2.91. The summed E-state index contributed by atoms with van der Waals surface area (Å²) >= 11 is 11.1. The van der Waals surface area contributed by atoms with Crippen LogP contribution in [0.4, 0.5) is 5.69 Å². The SMILES string of the molecule is COc1cc(NC(=S)NC(=O)C(C)(C)C)c(Cl)cc1C(=O)O. The number of rotatable bonds is 3. The average Bonchev–Trinajstić information content (AvgIpc) is 2.39. The number of anilines is 1. The van der Waals surface area contributed by atoms with E-state index in [-0.39, 0.29) is 27.4 Å². The standard InChI is InChI=1S/C14H17ClN2O4S/c1-14(2,3)12(20)17-13(22)16-9-6-10(21-4)7(11(18)19)5-8(9)15/h5-6H,1-4H3,(H,18,19)(H2,16,17,20,22). The van der Waals surface area contributed by atoms with Crippen LogP contribution in [0.5, 0.6) is 5.75 Å². The van der Waals surface area contributed by atoms with E-state index in [1.807, 2.05) is 0 Å². The molecule has 120 valence electrons. The van der Waals surface area contributed by atoms with Crippen molar-refractivity contribution < 1.29 is 19.4 Å². The van der Waals surface area contributed by atoms with Crippen molar-refractivity contribution in [3.8, 4) is 5.75 Å². The van der Waals surface area contributed by atoms with Crippen LogP contribution < -0.4 is 15.4 Å². The number of hydrogen-bond acceptors (Lipinski definition) is 4. The van der Waals surface area contributed by atoms with Gasteiger partial charge in [-0.1, -0.05) is 32.4 Å². The molecule has 6 nitrogen and oxygen atoms in total. The fourth-order valence-corrected chi connectivity index (χ4v) is 1.84. The molecule has 0 spiro atoms. The van der Waals surface area contributed by atoms with Crippen LogP contribution in [0.3, 0.4) is 0 Å². The van der Waals surface area contributed by atoms with Crippen molar-refractivity contribution in [3.05, 3.63) is 22.7 Å². The quantitative estimate of drug-likeness (QED) is 0.731. The van der Waals surface area contributed by atoms with Crippen LogP contribution in [0.1, 0.15) is 31.1 Å². The van der Waals surface area contributed by atoms with Crippen molar-refractivity contribution in [2.75, 3.05) is 12.4 Å². The Morgan fingerprint density at radius 1 is 1.32 bits per heavy atom. The first-order valence-corrected chi connectivity index (χ1v) is 7.08. The van der Waals surface area contributed by atoms with Crippen LogP contribution in [-0.4, -0.2) is 29.2 Å². The molecule has 1 amide bonds. The lowest BCUT2D eigenvalue weighted by Crippen LogP contribution is -2.41. The Balaban J connectivity index is 2.97. The maximum absolute atomic E-state index is 11.8. The zero-order valence-corrected chi connectivity index (χ0v) is 14.2. The topological polar surface area (TPSA) is 87.7 Å². The number of aromatic carboxylic acids is 1. The first-order valence-electron chi connectivity index (χ1n) is 6.29. The molecule has 0 heterocycles. The van der Waals surface area contributed by atoms with Gasteiger partial charge in [0.15, 0.2) is 5.11 Å². The van der Waals surface area contributed by atoms with Gasteiger partial charge >= 0.3 is 5.97 Å². The third kappa shape index (κ3) is 4.57. The molecule has 0 unspecified atom stereocenters. The summed E-state index contributed by atoms with van der Waals surface area (Å²) in [5.41, 5.74) is -0.328. The highest BCUT2D eigenvalue weighted by atomic mass is 35.5. The molecule has 0 radical (unpaired) electrons. The minimum Gasteiger partial charge on any atom is -0.496 e. The van der Waals surface area contributed by atoms with Crippen molar-refractivity contribution in [2.24, 2.45) is 5.41 Å². The summed E-state index contributed by atoms with van der Waals surface area (Å²) in [6, 6.07) is 2.65. The monoisotopic (exact) mass is 344 g/mol. The van der Waals surface area contributed by atoms with Gasteiger partial charge in [0.25, 0.3) is 0 Å². The van der Waals surface area contributed by atoms with Gasteiger partial charge in [-0.2, -0.15) is 0 Å². The Bertz CT molecular complexity index is 626. The zero-order chi connectivity index (χ0) is 17.1. The number of carboxylic acid groups (broad SMARTS) is 1. The van der Waals surface area contributed by atoms with E-state index < -0.39 is 11.4 Å². The number of carboxylic acids is 1. The number of benzene rings is 1. The first kappa shape index (κ1) is 18.2. The fourth-order valence-electron chi connectivity index (χ4n) is 1.43. The van der Waals surface area contributed by atoms with E-state index in [1.54, 1.807) is 20.8 Å². The summed E-state index contributed by atoms with van der Waals surface area (Å²) in [6.07, 6.45) is 0. The lowest BCUT2D eigenvalue weighted by atomic mass is 9.96. The molecule has 0 aliphatic heterocycles. The average molecular weight is 345 g/mol. The number of carbonyl (C=O) groups excluding carboxylic acids is 1. The third-order valence-electron chi connectivity index (χ3n) is 2.68. The van der Waals surface area contributed by atoms with Crippen molar-refractivity contribution >= 4 is 46.5 Å². The van der Waals surface area contributed by atoms with Gasteiger partial charge in [-0.15, -0.1) is 0 Å². The molecule has 1 rings (SSSR count). The van der Waals surface area contributed by atoms with Gasteiger partial charge < -0.3 is 20.5 Å². The number of nitrogens with one attached hydrogen (secondary N) is 2. The number of thiocarbonyl (C=S) groups is 1. The molecule has 3 N–H and O–H groups in total. The highest BCUT2D eigenvalue weighted by molar-refractivity contribution is 7.80. The molecule has 0 saturated heterocycles. The lowest BCUT2D eigenvalue weighted by Gasteiger charge is -2.19. The molecule has 8 heteroatoms. The second-order valence-corrected chi connectivity index (χ2v) is 6.31. The number of hydrogen-bond donors (Lipinski definition) is 3. The third-order valence-corrected chi connectivity index (χ3v) is 3.19. The molecule has 1 aromatic carbocycles. The van der Waals surface area contributed by atoms with Gasteiger partial charge in [-0.05, 0) is 18.3 Å². The Morgan fingerprint density at radius 3 is 2.36 bits per heavy atom. The molecule has 22 heavy (non-hydrogen) atoms. The van der Waals surface area contributed by atoms with Crippen LogP contribution in [0.15, 0.2) is 12.1 Å². The Kier molecular flexibility index (Phi) is 5.73. The molecule has 0 bridgehead atoms. The molecule has 1 aromatic rings. The second-order valence-electron chi connectivity index (χ2n) is 5.50. The number of ether oxygens (including phenoxy) is 1. The largest absolute Gasteiger partial charge is 0.496 e. The van der Waals surface area contributed by atoms with Crippen molar-refractivity contribution in [1.29, 1.82) is 0 Å². The minimum absolute atomic E-state index is 0.0620. The van der Waals surface area contributed by atoms with Crippen LogP contribution in [0, 0.1) is 5.41 Å². The fraction of sp³-hybridized carbons (Fsp3) is 0.357. The maximum Gasteiger partial charge on any atom is 0.339 e. The van der Waals surface area contributed by atoms with Crippen LogP contribution in [0.25, 0.3) is 0 Å². The molecular weight excluding hydrogens is 328 g/mol. The Labute approximate surface area is 138 Å². The first-order chi connectivity index (χ1) is 10.1. The molecule has 0 saturated carbocycles. The van der Waals surface area contributed by atoms with E-state index in [4.69, 9.17) is 33.7 Å². The number of halogens is 1. The van der Waals surface area contributed by atoms with E-state index in [9.17, 15) is 9.59 Å². The van der Waals surface area contributed by atoms with Crippen LogP contribution >= 0.6 is 23.8 Å². The second kappa shape index (κ2) is 6.93. The van der Waals surface area contributed by atoms with Crippen LogP contribution in [0.2, 0.25) is 5.02 Å². The summed E-state index contributed by atoms with van der Waals surface area (Å²) in [6.45, 7) is 5.26. The van der Waals surface area contributed by atoms with E-state index in [0.717, 1.165) is 0 Å². The normalized spacial score (nSPS) is 10.8. The highest BCUT2D eigenvalue weighted by Gasteiger charge is 2.22. The van der Waals surface area contributed by atoms with Crippen LogP contribution in [-0.2, 0) is 4.79 Å². The summed E-state index contributed by atoms with van der Waals surface area (Å²) < 4.78 is 5.01. The van der Waals surface area contributed by atoms with Gasteiger partial charge in [0.2, 0.25) is 5.91 Å². The van der Waals surface area contributed by atoms with E-state index in [2.05, 4.69) is 10.6 Å². The molecule has 0 atom stereocenters. The van der Waals surface area contributed by atoms with Crippen molar-refractivity contribution in [3.63, 3.8) is 0 Å². The van der Waals surface area contributed by atoms with Crippen molar-refractivity contribution in [2.45, 2.75) is 20.8 Å². The smallest absolute Gasteiger partial charge is 0.339 e. The number of amides is 1. The minimum atomic E-state index is -1.16. The molecular formula is C14H17ClN2O4S. The summed E-state index contributed by atoms with van der Waals surface area (Å²) in [7, 11) is 1.35. The summed E-state index contributed by atoms with van der Waals surface area (Å²) in [5, 5.41) is 14.6. The van der Waals surface area contributed by atoms with Gasteiger partial charge in [0.05, 0.1) is 17.8 Å². The maximum atomic E-state index is 11.8. The molecule has 0 fully saturated rings. The summed E-state index contributed by atoms with van der Waals surface area (Å²) in [5.74, 6) is -1.28. The van der Waals surface area contributed by atoms with Gasteiger partial charge in [0.1, 0.15) is 11.3 Å². The number of carbonyl (C=O) groups is 2. The van der Waals surface area contributed by atoms with E-state index >= 15 is 0 Å². The molecule has 0 aliphatic rings. The van der Waals surface area contributed by atoms with Crippen molar-refractivity contribution in [1.82, 2.24) is 5.32 Å². The van der Waals surface area contributed by atoms with Gasteiger partial charge in [-0.25, -0.2) is 4.79 Å². The number of methoxy groups -OCH3 is 1. The van der Waals surface area contributed by atoms with Gasteiger partial charge in [-0.3, -0.25) is 4.79 Å². The van der Waals surface area contributed by atoms with E-state index in [1.165, 1.54) is 19.2 Å². The zero-order valence-electron chi connectivity index (χ0n) is 12.6. The van der Waals surface area contributed by atoms with Gasteiger partial charge in [0, 0.05) is 11.5 Å². The lowest BCUT2D eigenvalue weighted by molar-refractivity contribution is -0.126. The molecule has 0 aliphatic carbocycles. The summed E-state index contributed by atoms with van der Waals surface area (Å²) in [4.78, 5) is 22.9. The molecule has 0 aromatic heterocycles. The Hall–Kier alpha value is -1.86. The van der Waals surface area contributed by atoms with E-state index in [0.29, 0.717) is 5.69 Å².